The number of fused-ring (bicyclic) bond motifs is 1. The molecule has 2 nitrogen and oxygen atoms in total. The second-order valence-electron chi connectivity index (χ2n) is 6.26. The molecule has 0 aliphatic heterocycles. The summed E-state index contributed by atoms with van der Waals surface area (Å²) in [6.07, 6.45) is 0.981. The molecule has 0 spiro atoms. The van der Waals surface area contributed by atoms with Gasteiger partial charge < -0.3 is 4.74 Å². The van der Waals surface area contributed by atoms with Crippen LogP contribution >= 0.6 is 12.4 Å². The maximum Gasteiger partial charge on any atom is 0.127 e. The molecule has 0 radical (unpaired) electrons. The third-order valence-electron chi connectivity index (χ3n) is 4.84. The standard InChI is InChI=1S/C23H27NO.ClH/c1-3-24(4-2)22(20-12-6-5-7-13-20)17-18-25-23-16-10-14-19-11-8-9-15-21(19)23;/h5-16,22H,3-4,17-18H2,1-2H3;1H. The van der Waals surface area contributed by atoms with Gasteiger partial charge in [0.25, 0.3) is 0 Å². The average Bonchev–Trinajstić information content (AvgIpc) is 2.68. The van der Waals surface area contributed by atoms with E-state index >= 15 is 0 Å². The largest absolute Gasteiger partial charge is 0.493 e. The van der Waals surface area contributed by atoms with E-state index in [9.17, 15) is 0 Å². The van der Waals surface area contributed by atoms with E-state index in [1.165, 1.54) is 16.3 Å². The zero-order valence-corrected chi connectivity index (χ0v) is 16.4. The van der Waals surface area contributed by atoms with E-state index in [0.29, 0.717) is 12.6 Å². The van der Waals surface area contributed by atoms with Crippen LogP contribution in [0, 0.1) is 0 Å². The Labute approximate surface area is 163 Å². The fraction of sp³-hybridized carbons (Fsp3) is 0.304. The van der Waals surface area contributed by atoms with Crippen molar-refractivity contribution in [3.63, 3.8) is 0 Å². The lowest BCUT2D eigenvalue weighted by Crippen LogP contribution is -2.29. The number of hydrogen-bond donors (Lipinski definition) is 0. The second-order valence-corrected chi connectivity index (χ2v) is 6.26. The molecular formula is C23H28ClNO. The van der Waals surface area contributed by atoms with Gasteiger partial charge in [0.1, 0.15) is 5.75 Å². The Morgan fingerprint density at radius 1 is 0.808 bits per heavy atom. The maximum absolute atomic E-state index is 6.18. The number of rotatable bonds is 8. The Morgan fingerprint density at radius 3 is 2.19 bits per heavy atom. The molecule has 0 heterocycles. The molecule has 1 unspecified atom stereocenters. The quantitative estimate of drug-likeness (QED) is 0.474. The van der Waals surface area contributed by atoms with Crippen LogP contribution in [0.25, 0.3) is 10.8 Å². The van der Waals surface area contributed by atoms with Crippen LogP contribution in [0.3, 0.4) is 0 Å². The van der Waals surface area contributed by atoms with Crippen LogP contribution in [0.1, 0.15) is 31.9 Å². The Morgan fingerprint density at radius 2 is 1.46 bits per heavy atom. The van der Waals surface area contributed by atoms with Gasteiger partial charge in [0.15, 0.2) is 0 Å². The van der Waals surface area contributed by atoms with Crippen molar-refractivity contribution in [1.82, 2.24) is 4.90 Å². The highest BCUT2D eigenvalue weighted by atomic mass is 35.5. The molecule has 0 saturated heterocycles. The molecule has 0 fully saturated rings. The lowest BCUT2D eigenvalue weighted by Gasteiger charge is -2.30. The van der Waals surface area contributed by atoms with Gasteiger partial charge in [-0.25, -0.2) is 0 Å². The monoisotopic (exact) mass is 369 g/mol. The minimum Gasteiger partial charge on any atom is -0.493 e. The number of hydrogen-bond acceptors (Lipinski definition) is 2. The van der Waals surface area contributed by atoms with Gasteiger partial charge in [-0.05, 0) is 30.1 Å². The summed E-state index contributed by atoms with van der Waals surface area (Å²) in [6.45, 7) is 7.26. The van der Waals surface area contributed by atoms with Crippen LogP contribution in [0.4, 0.5) is 0 Å². The first kappa shape index (κ1) is 20.3. The topological polar surface area (TPSA) is 12.5 Å². The number of nitrogens with zero attached hydrogens (tertiary/aromatic N) is 1. The van der Waals surface area contributed by atoms with Gasteiger partial charge in [-0.15, -0.1) is 12.4 Å². The summed E-state index contributed by atoms with van der Waals surface area (Å²) in [5.41, 5.74) is 1.37. The lowest BCUT2D eigenvalue weighted by atomic mass is 10.0. The van der Waals surface area contributed by atoms with E-state index in [2.05, 4.69) is 91.5 Å². The van der Waals surface area contributed by atoms with Crippen molar-refractivity contribution in [2.24, 2.45) is 0 Å². The van der Waals surface area contributed by atoms with Crippen molar-refractivity contribution in [3.8, 4) is 5.75 Å². The summed E-state index contributed by atoms with van der Waals surface area (Å²) in [6, 6.07) is 25.8. The van der Waals surface area contributed by atoms with Gasteiger partial charge >= 0.3 is 0 Å². The third kappa shape index (κ3) is 4.78. The van der Waals surface area contributed by atoms with Crippen LogP contribution in [-0.4, -0.2) is 24.6 Å². The molecule has 0 aliphatic carbocycles. The van der Waals surface area contributed by atoms with Crippen molar-refractivity contribution in [1.29, 1.82) is 0 Å². The summed E-state index contributed by atoms with van der Waals surface area (Å²) < 4.78 is 6.18. The average molecular weight is 370 g/mol. The molecule has 0 amide bonds. The lowest BCUT2D eigenvalue weighted by molar-refractivity contribution is 0.178. The molecule has 138 valence electrons. The SMILES string of the molecule is CCN(CC)C(CCOc1cccc2ccccc12)c1ccccc1.Cl. The molecule has 0 aliphatic rings. The highest BCUT2D eigenvalue weighted by Gasteiger charge is 2.17. The van der Waals surface area contributed by atoms with Gasteiger partial charge in [0, 0.05) is 17.8 Å². The summed E-state index contributed by atoms with van der Waals surface area (Å²) in [5, 5.41) is 2.41. The fourth-order valence-electron chi connectivity index (χ4n) is 3.50. The zero-order chi connectivity index (χ0) is 17.5. The first-order valence-corrected chi connectivity index (χ1v) is 9.23. The fourth-order valence-corrected chi connectivity index (χ4v) is 3.50. The number of halogens is 1. The Kier molecular flexibility index (Phi) is 7.96. The molecule has 1 atom stereocenters. The predicted octanol–water partition coefficient (Wildman–Crippen LogP) is 6.11. The zero-order valence-electron chi connectivity index (χ0n) is 15.6. The molecule has 0 saturated carbocycles. The van der Waals surface area contributed by atoms with E-state index < -0.39 is 0 Å². The number of benzene rings is 3. The highest BCUT2D eigenvalue weighted by molar-refractivity contribution is 5.88. The van der Waals surface area contributed by atoms with Gasteiger partial charge in [-0.3, -0.25) is 4.90 Å². The maximum atomic E-state index is 6.18. The highest BCUT2D eigenvalue weighted by Crippen LogP contribution is 2.27. The first-order valence-electron chi connectivity index (χ1n) is 9.23. The van der Waals surface area contributed by atoms with E-state index in [4.69, 9.17) is 4.74 Å². The van der Waals surface area contributed by atoms with Crippen molar-refractivity contribution in [2.75, 3.05) is 19.7 Å². The van der Waals surface area contributed by atoms with Crippen molar-refractivity contribution in [2.45, 2.75) is 26.3 Å². The Balaban J connectivity index is 0.00000243. The van der Waals surface area contributed by atoms with Gasteiger partial charge in [0.05, 0.1) is 6.61 Å². The summed E-state index contributed by atoms with van der Waals surface area (Å²) in [5.74, 6) is 0.976. The first-order chi connectivity index (χ1) is 12.3. The van der Waals surface area contributed by atoms with Crippen LogP contribution in [0.2, 0.25) is 0 Å². The van der Waals surface area contributed by atoms with Gasteiger partial charge in [0.2, 0.25) is 0 Å². The van der Waals surface area contributed by atoms with Gasteiger partial charge in [-0.1, -0.05) is 80.6 Å². The molecule has 0 aromatic heterocycles. The Hall–Kier alpha value is -2.03. The van der Waals surface area contributed by atoms with Crippen molar-refractivity contribution >= 4 is 23.2 Å². The predicted molar refractivity (Wildman–Crippen MR) is 113 cm³/mol. The van der Waals surface area contributed by atoms with E-state index in [1.807, 2.05) is 0 Å². The normalized spacial score (nSPS) is 12.0. The smallest absolute Gasteiger partial charge is 0.127 e. The molecule has 3 rings (SSSR count). The third-order valence-corrected chi connectivity index (χ3v) is 4.84. The molecule has 26 heavy (non-hydrogen) atoms. The van der Waals surface area contributed by atoms with Crippen LogP contribution < -0.4 is 4.74 Å². The van der Waals surface area contributed by atoms with Crippen LogP contribution in [0.5, 0.6) is 5.75 Å². The van der Waals surface area contributed by atoms with Gasteiger partial charge in [-0.2, -0.15) is 0 Å². The summed E-state index contributed by atoms with van der Waals surface area (Å²) in [7, 11) is 0. The molecule has 3 heteroatoms. The molecule has 0 N–H and O–H groups in total. The second kappa shape index (κ2) is 10.2. The Bertz CT molecular complexity index is 781. The van der Waals surface area contributed by atoms with Crippen LogP contribution in [-0.2, 0) is 0 Å². The van der Waals surface area contributed by atoms with E-state index in [-0.39, 0.29) is 12.4 Å². The molecule has 0 bridgehead atoms. The number of ether oxygens (including phenoxy) is 1. The molecular weight excluding hydrogens is 342 g/mol. The van der Waals surface area contributed by atoms with E-state index in [1.54, 1.807) is 0 Å². The van der Waals surface area contributed by atoms with Crippen molar-refractivity contribution < 1.29 is 4.74 Å². The minimum absolute atomic E-state index is 0. The van der Waals surface area contributed by atoms with E-state index in [0.717, 1.165) is 25.3 Å². The summed E-state index contributed by atoms with van der Waals surface area (Å²) in [4.78, 5) is 2.50. The summed E-state index contributed by atoms with van der Waals surface area (Å²) >= 11 is 0. The van der Waals surface area contributed by atoms with Crippen LogP contribution in [0.15, 0.2) is 72.8 Å². The molecule has 3 aromatic carbocycles. The van der Waals surface area contributed by atoms with Crippen molar-refractivity contribution in [3.05, 3.63) is 78.4 Å². The molecule has 3 aromatic rings. The minimum atomic E-state index is 0.